The van der Waals surface area contributed by atoms with Crippen LogP contribution in [0.5, 0.6) is 5.75 Å². The molecule has 0 radical (unpaired) electrons. The van der Waals surface area contributed by atoms with E-state index in [-0.39, 0.29) is 5.91 Å². The molecule has 152 valence electrons. The molecule has 1 aliphatic rings. The van der Waals surface area contributed by atoms with Gasteiger partial charge in [-0.25, -0.2) is 4.79 Å². The molecule has 3 aromatic carbocycles. The molecule has 3 aromatic rings. The van der Waals surface area contributed by atoms with Crippen LogP contribution >= 0.6 is 0 Å². The Balaban J connectivity index is 1.84. The van der Waals surface area contributed by atoms with Crippen LogP contribution in [0.25, 0.3) is 0 Å². The molecule has 0 bridgehead atoms. The average molecular weight is 401 g/mol. The van der Waals surface area contributed by atoms with Gasteiger partial charge in [-0.1, -0.05) is 54.1 Å². The third-order valence-electron chi connectivity index (χ3n) is 5.68. The Hall–Kier alpha value is -3.60. The van der Waals surface area contributed by atoms with Gasteiger partial charge in [-0.2, -0.15) is 0 Å². The number of fused-ring (bicyclic) bond motifs is 1. The molecule has 4 rings (SSSR count). The van der Waals surface area contributed by atoms with Crippen molar-refractivity contribution in [2.75, 3.05) is 7.11 Å². The first kappa shape index (κ1) is 19.7. The second-order valence-corrected chi connectivity index (χ2v) is 7.58. The van der Waals surface area contributed by atoms with Crippen molar-refractivity contribution >= 4 is 12.1 Å². The first-order valence-electron chi connectivity index (χ1n) is 9.77. The maximum atomic E-state index is 13.1. The lowest BCUT2D eigenvalue weighted by molar-refractivity contribution is 0.0896. The summed E-state index contributed by atoms with van der Waals surface area (Å²) >= 11 is 0. The zero-order valence-electron chi connectivity index (χ0n) is 17.2. The van der Waals surface area contributed by atoms with E-state index in [4.69, 9.17) is 4.74 Å². The van der Waals surface area contributed by atoms with Gasteiger partial charge in [0.1, 0.15) is 5.75 Å². The van der Waals surface area contributed by atoms with Crippen LogP contribution in [-0.2, 0) is 16.7 Å². The van der Waals surface area contributed by atoms with Gasteiger partial charge in [0.05, 0.1) is 12.6 Å². The molecule has 1 unspecified atom stereocenters. The molecule has 1 N–H and O–H groups in total. The summed E-state index contributed by atoms with van der Waals surface area (Å²) in [6.07, 6.45) is -0.146. The van der Waals surface area contributed by atoms with Crippen molar-refractivity contribution in [2.45, 2.75) is 25.8 Å². The Kier molecular flexibility index (Phi) is 5.04. The predicted molar refractivity (Wildman–Crippen MR) is 114 cm³/mol. The zero-order valence-corrected chi connectivity index (χ0v) is 17.2. The fourth-order valence-electron chi connectivity index (χ4n) is 4.02. The number of benzene rings is 3. The smallest absolute Gasteiger partial charge is 0.437 e. The second kappa shape index (κ2) is 7.67. The number of aryl methyl sites for hydroxylation is 2. The van der Waals surface area contributed by atoms with Gasteiger partial charge in [0, 0.05) is 12.0 Å². The minimum absolute atomic E-state index is 0.101. The maximum Gasteiger partial charge on any atom is 0.513 e. The van der Waals surface area contributed by atoms with Gasteiger partial charge < -0.3 is 14.8 Å². The highest BCUT2D eigenvalue weighted by molar-refractivity contribution is 5.98. The monoisotopic (exact) mass is 401 g/mol. The molecule has 0 saturated carbocycles. The number of hydrogen-bond donors (Lipinski definition) is 1. The third-order valence-corrected chi connectivity index (χ3v) is 5.68. The molecule has 5 nitrogen and oxygen atoms in total. The molecule has 0 aliphatic carbocycles. The van der Waals surface area contributed by atoms with Gasteiger partial charge in [0.2, 0.25) is 0 Å². The maximum absolute atomic E-state index is 13.1. The van der Waals surface area contributed by atoms with E-state index in [1.165, 1.54) is 7.11 Å². The van der Waals surface area contributed by atoms with E-state index in [0.717, 1.165) is 27.8 Å². The summed E-state index contributed by atoms with van der Waals surface area (Å²) in [6.45, 7) is 4.07. The van der Waals surface area contributed by atoms with E-state index in [2.05, 4.69) is 22.2 Å². The van der Waals surface area contributed by atoms with Gasteiger partial charge in [-0.3, -0.25) is 4.79 Å². The number of carbonyl (C=O) groups excluding carboxylic acids is 2. The number of hydrogen-bond acceptors (Lipinski definition) is 4. The van der Waals surface area contributed by atoms with E-state index < -0.39 is 11.7 Å². The van der Waals surface area contributed by atoms with E-state index in [1.54, 1.807) is 12.1 Å². The lowest BCUT2D eigenvalue weighted by Crippen LogP contribution is -2.52. The van der Waals surface area contributed by atoms with Crippen LogP contribution in [0.1, 0.15) is 38.2 Å². The molecular formula is C25H23NO4. The van der Waals surface area contributed by atoms with E-state index >= 15 is 0 Å². The van der Waals surface area contributed by atoms with Gasteiger partial charge in [0.15, 0.2) is 0 Å². The lowest BCUT2D eigenvalue weighted by Gasteiger charge is -2.40. The summed E-state index contributed by atoms with van der Waals surface area (Å²) in [7, 11) is 1.26. The quantitative estimate of drug-likeness (QED) is 0.511. The number of nitrogens with one attached hydrogen (secondary N) is 1. The minimum Gasteiger partial charge on any atom is -0.437 e. The minimum atomic E-state index is -0.772. The molecule has 0 saturated heterocycles. The summed E-state index contributed by atoms with van der Waals surface area (Å²) in [5.74, 6) is 0.277. The van der Waals surface area contributed by atoms with Crippen molar-refractivity contribution in [1.82, 2.24) is 5.32 Å². The molecule has 0 aromatic heterocycles. The predicted octanol–water partition coefficient (Wildman–Crippen LogP) is 4.68. The second-order valence-electron chi connectivity index (χ2n) is 7.58. The highest BCUT2D eigenvalue weighted by Gasteiger charge is 2.41. The van der Waals surface area contributed by atoms with Crippen LogP contribution in [0.15, 0.2) is 66.7 Å². The Morgan fingerprint density at radius 3 is 2.20 bits per heavy atom. The molecule has 1 aliphatic heterocycles. The van der Waals surface area contributed by atoms with Crippen LogP contribution in [0.4, 0.5) is 4.79 Å². The Labute approximate surface area is 175 Å². The Bertz CT molecular complexity index is 1100. The largest absolute Gasteiger partial charge is 0.513 e. The molecule has 1 heterocycles. The summed E-state index contributed by atoms with van der Waals surface area (Å²) < 4.78 is 9.66. The molecule has 1 amide bonds. The first-order valence-corrected chi connectivity index (χ1v) is 9.77. The number of methoxy groups -OCH3 is 1. The van der Waals surface area contributed by atoms with E-state index in [0.29, 0.717) is 17.7 Å². The SMILES string of the molecule is COC(=O)Oc1ccc(C2(c3ccc(C)cc3)Cc3c(C)cccc3C(=O)N2)cc1. The fourth-order valence-corrected chi connectivity index (χ4v) is 4.02. The Morgan fingerprint density at radius 2 is 1.57 bits per heavy atom. The van der Waals surface area contributed by atoms with Gasteiger partial charge in [0.25, 0.3) is 5.91 Å². The molecule has 1 atom stereocenters. The van der Waals surface area contributed by atoms with Crippen LogP contribution < -0.4 is 10.1 Å². The van der Waals surface area contributed by atoms with Crippen molar-refractivity contribution in [3.63, 3.8) is 0 Å². The molecule has 0 spiro atoms. The highest BCUT2D eigenvalue weighted by atomic mass is 16.7. The van der Waals surface area contributed by atoms with E-state index in [9.17, 15) is 9.59 Å². The topological polar surface area (TPSA) is 64.6 Å². The Morgan fingerprint density at radius 1 is 0.933 bits per heavy atom. The standard InChI is InChI=1S/C25H23NO4/c1-16-7-9-18(10-8-16)25(19-11-13-20(14-12-19)30-24(28)29-3)15-22-17(2)5-4-6-21(22)23(27)26-25/h4-14H,15H2,1-3H3,(H,26,27). The van der Waals surface area contributed by atoms with Gasteiger partial charge in [-0.05, 0) is 54.3 Å². The number of ether oxygens (including phenoxy) is 2. The van der Waals surface area contributed by atoms with Crippen LogP contribution in [0.3, 0.4) is 0 Å². The fraction of sp³-hybridized carbons (Fsp3) is 0.200. The zero-order chi connectivity index (χ0) is 21.3. The van der Waals surface area contributed by atoms with Crippen molar-refractivity contribution in [3.05, 3.63) is 100 Å². The van der Waals surface area contributed by atoms with Crippen LogP contribution in [0.2, 0.25) is 0 Å². The molecular weight excluding hydrogens is 378 g/mol. The van der Waals surface area contributed by atoms with Gasteiger partial charge >= 0.3 is 6.16 Å². The van der Waals surface area contributed by atoms with Crippen LogP contribution in [-0.4, -0.2) is 19.2 Å². The van der Waals surface area contributed by atoms with Crippen molar-refractivity contribution < 1.29 is 19.1 Å². The van der Waals surface area contributed by atoms with Crippen molar-refractivity contribution in [3.8, 4) is 5.75 Å². The number of amides is 1. The summed E-state index contributed by atoms with van der Waals surface area (Å²) in [6, 6.07) is 21.2. The normalized spacial score (nSPS) is 17.6. The summed E-state index contributed by atoms with van der Waals surface area (Å²) in [5.41, 5.74) is 5.16. The molecule has 5 heteroatoms. The van der Waals surface area contributed by atoms with Crippen molar-refractivity contribution in [2.24, 2.45) is 0 Å². The third kappa shape index (κ3) is 3.43. The average Bonchev–Trinajstić information content (AvgIpc) is 2.75. The lowest BCUT2D eigenvalue weighted by atomic mass is 9.73. The van der Waals surface area contributed by atoms with Crippen molar-refractivity contribution in [1.29, 1.82) is 0 Å². The molecule has 0 fully saturated rings. The summed E-state index contributed by atoms with van der Waals surface area (Å²) in [5, 5.41) is 3.27. The van der Waals surface area contributed by atoms with Gasteiger partial charge in [-0.15, -0.1) is 0 Å². The first-order chi connectivity index (χ1) is 14.4. The number of carbonyl (C=O) groups is 2. The highest BCUT2D eigenvalue weighted by Crippen LogP contribution is 2.39. The number of rotatable bonds is 3. The van der Waals surface area contributed by atoms with E-state index in [1.807, 2.05) is 56.3 Å². The molecule has 30 heavy (non-hydrogen) atoms. The van der Waals surface area contributed by atoms with Crippen LogP contribution in [0, 0.1) is 13.8 Å². The summed E-state index contributed by atoms with van der Waals surface area (Å²) in [4.78, 5) is 24.5.